The van der Waals surface area contributed by atoms with Gasteiger partial charge >= 0.3 is 0 Å². The molecule has 0 spiro atoms. The molecule has 7 heteroatoms. The predicted octanol–water partition coefficient (Wildman–Crippen LogP) is 2.12. The molecular formula is C13H20F2N4O. The number of pyridine rings is 1. The van der Waals surface area contributed by atoms with Gasteiger partial charge in [0.15, 0.2) is 23.3 Å². The maximum atomic E-state index is 13.5. The molecule has 1 aromatic heterocycles. The third kappa shape index (κ3) is 4.99. The van der Waals surface area contributed by atoms with Gasteiger partial charge in [-0.2, -0.15) is 0 Å². The standard InChI is InChI=1S/C13H20F2N4O/c1-5-16-11-8(14)6-9(15)12(18-11)17-7-10(20)19-13(2,3)4/h6H,5,7H2,1-4H3,(H,19,20)(H2,16,17,18). The van der Waals surface area contributed by atoms with E-state index in [1.54, 1.807) is 6.92 Å². The number of nitrogens with zero attached hydrogens (tertiary/aromatic N) is 1. The minimum Gasteiger partial charge on any atom is -0.368 e. The maximum Gasteiger partial charge on any atom is 0.239 e. The van der Waals surface area contributed by atoms with Gasteiger partial charge < -0.3 is 16.0 Å². The summed E-state index contributed by atoms with van der Waals surface area (Å²) in [4.78, 5) is 15.4. The van der Waals surface area contributed by atoms with Crippen molar-refractivity contribution in [2.45, 2.75) is 33.2 Å². The average molecular weight is 286 g/mol. The Balaban J connectivity index is 2.72. The highest BCUT2D eigenvalue weighted by Gasteiger charge is 2.15. The van der Waals surface area contributed by atoms with Gasteiger partial charge in [0.25, 0.3) is 0 Å². The normalized spacial score (nSPS) is 11.1. The van der Waals surface area contributed by atoms with Crippen molar-refractivity contribution < 1.29 is 13.6 Å². The molecule has 0 radical (unpaired) electrons. The van der Waals surface area contributed by atoms with Crippen molar-refractivity contribution in [1.82, 2.24) is 10.3 Å². The van der Waals surface area contributed by atoms with Crippen LogP contribution in [0, 0.1) is 11.6 Å². The lowest BCUT2D eigenvalue weighted by Crippen LogP contribution is -2.43. The van der Waals surface area contributed by atoms with Gasteiger partial charge in [-0.15, -0.1) is 0 Å². The van der Waals surface area contributed by atoms with Crippen molar-refractivity contribution in [3.05, 3.63) is 17.7 Å². The van der Waals surface area contributed by atoms with Gasteiger partial charge in [-0.3, -0.25) is 4.79 Å². The number of hydrogen-bond donors (Lipinski definition) is 3. The molecule has 1 heterocycles. The lowest BCUT2D eigenvalue weighted by molar-refractivity contribution is -0.120. The number of anilines is 2. The van der Waals surface area contributed by atoms with Crippen LogP contribution in [0.2, 0.25) is 0 Å². The molecule has 0 aliphatic rings. The van der Waals surface area contributed by atoms with Gasteiger partial charge in [0.05, 0.1) is 6.54 Å². The Hall–Kier alpha value is -1.92. The van der Waals surface area contributed by atoms with E-state index in [-0.39, 0.29) is 29.6 Å². The van der Waals surface area contributed by atoms with Crippen LogP contribution in [0.15, 0.2) is 6.07 Å². The third-order valence-electron chi connectivity index (χ3n) is 2.20. The lowest BCUT2D eigenvalue weighted by Gasteiger charge is -2.20. The zero-order valence-electron chi connectivity index (χ0n) is 12.1. The maximum absolute atomic E-state index is 13.5. The number of amides is 1. The van der Waals surface area contributed by atoms with E-state index >= 15 is 0 Å². The van der Waals surface area contributed by atoms with Crippen LogP contribution in [0.25, 0.3) is 0 Å². The van der Waals surface area contributed by atoms with Crippen LogP contribution in [0.1, 0.15) is 27.7 Å². The van der Waals surface area contributed by atoms with Gasteiger partial charge in [0.2, 0.25) is 5.91 Å². The summed E-state index contributed by atoms with van der Waals surface area (Å²) in [5.41, 5.74) is -0.373. The molecule has 0 atom stereocenters. The largest absolute Gasteiger partial charge is 0.368 e. The summed E-state index contributed by atoms with van der Waals surface area (Å²) in [5.74, 6) is -2.12. The number of nitrogens with one attached hydrogen (secondary N) is 3. The fraction of sp³-hybridized carbons (Fsp3) is 0.538. The molecule has 0 saturated carbocycles. The van der Waals surface area contributed by atoms with E-state index in [0.717, 1.165) is 6.07 Å². The molecular weight excluding hydrogens is 266 g/mol. The van der Waals surface area contributed by atoms with Gasteiger partial charge in [-0.1, -0.05) is 0 Å². The zero-order chi connectivity index (χ0) is 15.3. The molecule has 0 unspecified atom stereocenters. The summed E-state index contributed by atoms with van der Waals surface area (Å²) in [6, 6.07) is 0.731. The molecule has 1 aromatic rings. The van der Waals surface area contributed by atoms with Crippen molar-refractivity contribution in [2.24, 2.45) is 0 Å². The fourth-order valence-electron chi connectivity index (χ4n) is 1.51. The molecule has 0 aromatic carbocycles. The zero-order valence-corrected chi connectivity index (χ0v) is 12.1. The van der Waals surface area contributed by atoms with Crippen LogP contribution in [0.5, 0.6) is 0 Å². The Labute approximate surface area is 117 Å². The van der Waals surface area contributed by atoms with Crippen molar-refractivity contribution >= 4 is 17.5 Å². The quantitative estimate of drug-likeness (QED) is 0.775. The van der Waals surface area contributed by atoms with E-state index in [4.69, 9.17) is 0 Å². The van der Waals surface area contributed by atoms with E-state index in [2.05, 4.69) is 20.9 Å². The van der Waals surface area contributed by atoms with E-state index < -0.39 is 11.6 Å². The second kappa shape index (κ2) is 6.49. The van der Waals surface area contributed by atoms with Crippen molar-refractivity contribution in [3.63, 3.8) is 0 Å². The predicted molar refractivity (Wildman–Crippen MR) is 74.7 cm³/mol. The summed E-state index contributed by atoms with van der Waals surface area (Å²) in [7, 11) is 0. The highest BCUT2D eigenvalue weighted by molar-refractivity contribution is 5.81. The first-order chi connectivity index (χ1) is 9.23. The Morgan fingerprint density at radius 2 is 1.75 bits per heavy atom. The van der Waals surface area contributed by atoms with Crippen molar-refractivity contribution in [1.29, 1.82) is 0 Å². The van der Waals surface area contributed by atoms with E-state index in [0.29, 0.717) is 6.54 Å². The molecule has 0 aliphatic heterocycles. The number of carbonyl (C=O) groups is 1. The number of carbonyl (C=O) groups excluding carboxylic acids is 1. The highest BCUT2D eigenvalue weighted by Crippen LogP contribution is 2.18. The Morgan fingerprint density at radius 3 is 2.25 bits per heavy atom. The highest BCUT2D eigenvalue weighted by atomic mass is 19.1. The van der Waals surface area contributed by atoms with Gasteiger partial charge in [-0.25, -0.2) is 13.8 Å². The topological polar surface area (TPSA) is 66.0 Å². The smallest absolute Gasteiger partial charge is 0.239 e. The first-order valence-electron chi connectivity index (χ1n) is 6.37. The summed E-state index contributed by atoms with van der Waals surface area (Å²) in [5, 5.41) is 7.95. The number of hydrogen-bond acceptors (Lipinski definition) is 4. The van der Waals surface area contributed by atoms with Gasteiger partial charge in [0, 0.05) is 18.2 Å². The summed E-state index contributed by atoms with van der Waals surface area (Å²) >= 11 is 0. The van der Waals surface area contributed by atoms with Crippen LogP contribution in [-0.2, 0) is 4.79 Å². The Morgan fingerprint density at radius 1 is 1.20 bits per heavy atom. The van der Waals surface area contributed by atoms with Gasteiger partial charge in [0.1, 0.15) is 0 Å². The van der Waals surface area contributed by atoms with Crippen LogP contribution in [0.3, 0.4) is 0 Å². The molecule has 0 fully saturated rings. The molecule has 0 saturated heterocycles. The fourth-order valence-corrected chi connectivity index (χ4v) is 1.51. The second-order valence-corrected chi connectivity index (χ2v) is 5.33. The summed E-state index contributed by atoms with van der Waals surface area (Å²) in [6.07, 6.45) is 0. The SMILES string of the molecule is CCNc1nc(NCC(=O)NC(C)(C)C)c(F)cc1F. The van der Waals surface area contributed by atoms with E-state index in [1.165, 1.54) is 0 Å². The first-order valence-corrected chi connectivity index (χ1v) is 6.37. The van der Waals surface area contributed by atoms with Crippen LogP contribution in [-0.4, -0.2) is 29.5 Å². The summed E-state index contributed by atoms with van der Waals surface area (Å²) < 4.78 is 26.9. The monoisotopic (exact) mass is 286 g/mol. The molecule has 3 N–H and O–H groups in total. The first kappa shape index (κ1) is 16.1. The lowest BCUT2D eigenvalue weighted by atomic mass is 10.1. The van der Waals surface area contributed by atoms with Crippen LogP contribution >= 0.6 is 0 Å². The Kier molecular flexibility index (Phi) is 5.24. The van der Waals surface area contributed by atoms with Crippen molar-refractivity contribution in [3.8, 4) is 0 Å². The minimum absolute atomic E-state index is 0.0485. The second-order valence-electron chi connectivity index (χ2n) is 5.33. The molecule has 112 valence electrons. The Bertz CT molecular complexity index is 486. The number of halogens is 2. The van der Waals surface area contributed by atoms with Crippen LogP contribution in [0.4, 0.5) is 20.4 Å². The summed E-state index contributed by atoms with van der Waals surface area (Å²) in [6.45, 7) is 7.60. The van der Waals surface area contributed by atoms with Gasteiger partial charge in [-0.05, 0) is 27.7 Å². The molecule has 5 nitrogen and oxygen atoms in total. The third-order valence-corrected chi connectivity index (χ3v) is 2.20. The number of rotatable bonds is 5. The minimum atomic E-state index is -0.840. The molecule has 0 bridgehead atoms. The molecule has 20 heavy (non-hydrogen) atoms. The molecule has 0 aliphatic carbocycles. The average Bonchev–Trinajstić information content (AvgIpc) is 2.29. The van der Waals surface area contributed by atoms with E-state index in [1.807, 2.05) is 20.8 Å². The van der Waals surface area contributed by atoms with Crippen LogP contribution < -0.4 is 16.0 Å². The molecule has 1 rings (SSSR count). The van der Waals surface area contributed by atoms with E-state index in [9.17, 15) is 13.6 Å². The molecule has 1 amide bonds. The number of aromatic nitrogens is 1. The van der Waals surface area contributed by atoms with Crippen molar-refractivity contribution in [2.75, 3.05) is 23.7 Å².